The van der Waals surface area contributed by atoms with Gasteiger partial charge in [-0.3, -0.25) is 9.78 Å². The van der Waals surface area contributed by atoms with Crippen LogP contribution in [0.3, 0.4) is 0 Å². The van der Waals surface area contributed by atoms with Crippen LogP contribution in [0.15, 0.2) is 23.2 Å². The normalized spacial score (nSPS) is 18.1. The number of Topliss-reactive ketones (excluding diaryl/α,β-unsaturated/α-hetero) is 1. The van der Waals surface area contributed by atoms with E-state index in [1.54, 1.807) is 6.07 Å². The number of ketones is 1. The minimum atomic E-state index is -3.47. The Bertz CT molecular complexity index is 575. The van der Waals surface area contributed by atoms with Crippen molar-refractivity contribution < 1.29 is 13.2 Å². The molecule has 2 heterocycles. The van der Waals surface area contributed by atoms with Crippen molar-refractivity contribution >= 4 is 15.8 Å². The fraction of sp³-hybridized carbons (Fsp3) is 0.538. The van der Waals surface area contributed by atoms with Crippen LogP contribution in [0.25, 0.3) is 0 Å². The van der Waals surface area contributed by atoms with Crippen molar-refractivity contribution in [2.24, 2.45) is 0 Å². The molecule has 0 saturated carbocycles. The van der Waals surface area contributed by atoms with E-state index in [0.29, 0.717) is 18.8 Å². The molecular weight excluding hydrogens is 278 g/mol. The Hall–Kier alpha value is -1.31. The molecule has 1 aromatic rings. The third kappa shape index (κ3) is 3.41. The predicted molar refractivity (Wildman–Crippen MR) is 74.9 cm³/mol. The van der Waals surface area contributed by atoms with Crippen molar-refractivity contribution in [2.45, 2.75) is 18.2 Å². The van der Waals surface area contributed by atoms with Gasteiger partial charge in [0.05, 0.1) is 0 Å². The minimum Gasteiger partial charge on any atom is -0.304 e. The first kappa shape index (κ1) is 15.1. The second-order valence-electron chi connectivity index (χ2n) is 5.07. The van der Waals surface area contributed by atoms with Crippen LogP contribution >= 0.6 is 0 Å². The molecule has 0 aromatic carbocycles. The van der Waals surface area contributed by atoms with Crippen molar-refractivity contribution in [3.63, 3.8) is 0 Å². The van der Waals surface area contributed by atoms with Gasteiger partial charge in [0.1, 0.15) is 10.7 Å². The summed E-state index contributed by atoms with van der Waals surface area (Å²) in [6, 6.07) is 3.13. The zero-order valence-corrected chi connectivity index (χ0v) is 12.6. The highest BCUT2D eigenvalue weighted by Crippen LogP contribution is 2.16. The number of piperazine rings is 1. The molecule has 0 atom stereocenters. The molecule has 1 aliphatic rings. The van der Waals surface area contributed by atoms with E-state index >= 15 is 0 Å². The zero-order chi connectivity index (χ0) is 14.8. The van der Waals surface area contributed by atoms with E-state index in [9.17, 15) is 13.2 Å². The van der Waals surface area contributed by atoms with Crippen LogP contribution in [0.5, 0.6) is 0 Å². The largest absolute Gasteiger partial charge is 0.304 e. The summed E-state index contributed by atoms with van der Waals surface area (Å²) in [5, 5.41) is 0. The molecule has 0 amide bonds. The Morgan fingerprint density at radius 1 is 1.25 bits per heavy atom. The molecule has 0 spiro atoms. The number of nitrogens with zero attached hydrogens (tertiary/aromatic N) is 3. The molecular formula is C13H19N3O3S. The highest BCUT2D eigenvalue weighted by Gasteiger charge is 2.27. The Labute approximate surface area is 119 Å². The van der Waals surface area contributed by atoms with E-state index in [4.69, 9.17) is 0 Å². The quantitative estimate of drug-likeness (QED) is 0.791. The van der Waals surface area contributed by atoms with E-state index in [-0.39, 0.29) is 17.1 Å². The molecule has 1 aromatic heterocycles. The monoisotopic (exact) mass is 297 g/mol. The lowest BCUT2D eigenvalue weighted by atomic mass is 10.2. The van der Waals surface area contributed by atoms with Crippen LogP contribution < -0.4 is 0 Å². The second-order valence-corrected chi connectivity index (χ2v) is 7.01. The molecule has 2 rings (SSSR count). The fourth-order valence-electron chi connectivity index (χ4n) is 2.10. The number of carbonyl (C=O) groups is 1. The summed E-state index contributed by atoms with van der Waals surface area (Å²) in [4.78, 5) is 17.3. The van der Waals surface area contributed by atoms with Gasteiger partial charge in [-0.1, -0.05) is 0 Å². The van der Waals surface area contributed by atoms with Gasteiger partial charge in [0.25, 0.3) is 0 Å². The summed E-state index contributed by atoms with van der Waals surface area (Å²) in [6.07, 6.45) is 1.57. The highest BCUT2D eigenvalue weighted by atomic mass is 32.2. The third-order valence-electron chi connectivity index (χ3n) is 3.33. The number of sulfonamides is 1. The third-order valence-corrected chi connectivity index (χ3v) is 5.21. The maximum atomic E-state index is 12.4. The van der Waals surface area contributed by atoms with Crippen molar-refractivity contribution in [1.29, 1.82) is 0 Å². The number of hydrogen-bond donors (Lipinski definition) is 0. The maximum absolute atomic E-state index is 12.4. The molecule has 0 bridgehead atoms. The Morgan fingerprint density at radius 2 is 1.90 bits per heavy atom. The van der Waals surface area contributed by atoms with Gasteiger partial charge >= 0.3 is 0 Å². The second kappa shape index (κ2) is 5.99. The van der Waals surface area contributed by atoms with Crippen LogP contribution in [0, 0.1) is 0 Å². The molecule has 110 valence electrons. The van der Waals surface area contributed by atoms with Crippen LogP contribution in [-0.2, 0) is 21.2 Å². The van der Waals surface area contributed by atoms with E-state index in [1.165, 1.54) is 23.5 Å². The average Bonchev–Trinajstić information content (AvgIpc) is 2.39. The first-order chi connectivity index (χ1) is 9.39. The molecule has 1 fully saturated rings. The smallest absolute Gasteiger partial charge is 0.244 e. The average molecular weight is 297 g/mol. The Morgan fingerprint density at radius 3 is 2.40 bits per heavy atom. The summed E-state index contributed by atoms with van der Waals surface area (Å²) < 4.78 is 26.3. The number of likely N-dealkylation sites (N-methyl/N-ethyl adjacent to an activating group) is 1. The number of rotatable bonds is 4. The summed E-state index contributed by atoms with van der Waals surface area (Å²) in [6.45, 7) is 3.93. The molecule has 0 radical (unpaired) electrons. The number of carbonyl (C=O) groups excluding carboxylic acids is 1. The number of aromatic nitrogens is 1. The minimum absolute atomic E-state index is 0.00664. The summed E-state index contributed by atoms with van der Waals surface area (Å²) in [7, 11) is -1.50. The first-order valence-electron chi connectivity index (χ1n) is 6.52. The van der Waals surface area contributed by atoms with Gasteiger partial charge < -0.3 is 4.90 Å². The van der Waals surface area contributed by atoms with Gasteiger partial charge in [-0.25, -0.2) is 8.42 Å². The van der Waals surface area contributed by atoms with Crippen LogP contribution in [0.2, 0.25) is 0 Å². The molecule has 1 aliphatic heterocycles. The predicted octanol–water partition coefficient (Wildman–Crippen LogP) is 0.149. The van der Waals surface area contributed by atoms with Gasteiger partial charge in [-0.05, 0) is 26.1 Å². The van der Waals surface area contributed by atoms with E-state index in [1.807, 2.05) is 7.05 Å². The standard InChI is InChI=1S/C13H19N3O3S/c1-11(17)9-12-3-4-13(10-14-12)20(18,19)16-7-5-15(2)6-8-16/h3-4,10H,5-9H2,1-2H3. The van der Waals surface area contributed by atoms with E-state index < -0.39 is 10.0 Å². The van der Waals surface area contributed by atoms with Crippen molar-refractivity contribution in [2.75, 3.05) is 33.2 Å². The summed E-state index contributed by atoms with van der Waals surface area (Å²) >= 11 is 0. The number of pyridine rings is 1. The van der Waals surface area contributed by atoms with Gasteiger partial charge in [0.15, 0.2) is 0 Å². The van der Waals surface area contributed by atoms with E-state index in [0.717, 1.165) is 13.1 Å². The molecule has 0 N–H and O–H groups in total. The molecule has 0 unspecified atom stereocenters. The summed E-state index contributed by atoms with van der Waals surface area (Å²) in [5.41, 5.74) is 0.592. The van der Waals surface area contributed by atoms with Crippen LogP contribution in [0.1, 0.15) is 12.6 Å². The lowest BCUT2D eigenvalue weighted by Crippen LogP contribution is -2.47. The van der Waals surface area contributed by atoms with Crippen LogP contribution in [0.4, 0.5) is 0 Å². The summed E-state index contributed by atoms with van der Waals surface area (Å²) in [5.74, 6) is 0.00664. The lowest BCUT2D eigenvalue weighted by Gasteiger charge is -2.31. The SMILES string of the molecule is CC(=O)Cc1ccc(S(=O)(=O)N2CCN(C)CC2)cn1. The number of hydrogen-bond acceptors (Lipinski definition) is 5. The molecule has 0 aliphatic carbocycles. The van der Waals surface area contributed by atoms with Gasteiger partial charge in [0, 0.05) is 44.5 Å². The lowest BCUT2D eigenvalue weighted by molar-refractivity contribution is -0.116. The fourth-order valence-corrected chi connectivity index (χ4v) is 3.47. The Kier molecular flexibility index (Phi) is 4.52. The van der Waals surface area contributed by atoms with Gasteiger partial charge in [0.2, 0.25) is 10.0 Å². The zero-order valence-electron chi connectivity index (χ0n) is 11.7. The molecule has 1 saturated heterocycles. The maximum Gasteiger partial charge on any atom is 0.244 e. The Balaban J connectivity index is 2.15. The van der Waals surface area contributed by atoms with E-state index in [2.05, 4.69) is 9.88 Å². The molecule has 6 nitrogen and oxygen atoms in total. The molecule has 7 heteroatoms. The van der Waals surface area contributed by atoms with Crippen molar-refractivity contribution in [3.05, 3.63) is 24.0 Å². The van der Waals surface area contributed by atoms with Crippen LogP contribution in [-0.4, -0.2) is 61.6 Å². The first-order valence-corrected chi connectivity index (χ1v) is 7.96. The van der Waals surface area contributed by atoms with Crippen molar-refractivity contribution in [3.8, 4) is 0 Å². The van der Waals surface area contributed by atoms with Gasteiger partial charge in [-0.2, -0.15) is 4.31 Å². The molecule has 20 heavy (non-hydrogen) atoms. The highest BCUT2D eigenvalue weighted by molar-refractivity contribution is 7.89. The van der Waals surface area contributed by atoms with Gasteiger partial charge in [-0.15, -0.1) is 0 Å². The van der Waals surface area contributed by atoms with Crippen molar-refractivity contribution in [1.82, 2.24) is 14.2 Å². The topological polar surface area (TPSA) is 70.6 Å².